The molecule has 1 aliphatic rings. The molecule has 1 aromatic rings. The van der Waals surface area contributed by atoms with Crippen LogP contribution in [0.3, 0.4) is 0 Å². The largest absolute Gasteiger partial charge is 0.507 e. The van der Waals surface area contributed by atoms with Gasteiger partial charge >= 0.3 is 13.6 Å². The number of phenolic OH excluding ortho intramolecular Hbond substituents is 1. The predicted octanol–water partition coefficient (Wildman–Crippen LogP) is 3.48. The Balaban J connectivity index is 2.24. The van der Waals surface area contributed by atoms with E-state index in [-0.39, 0.29) is 30.7 Å². The summed E-state index contributed by atoms with van der Waals surface area (Å²) in [6, 6.07) is 0. The van der Waals surface area contributed by atoms with Gasteiger partial charge in [0.05, 0.1) is 19.9 Å². The average Bonchev–Trinajstić information content (AvgIpc) is 2.97. The summed E-state index contributed by atoms with van der Waals surface area (Å²) < 4.78 is 27.1. The third-order valence-electron chi connectivity index (χ3n) is 4.42. The number of esters is 1. The van der Waals surface area contributed by atoms with Crippen molar-refractivity contribution in [3.8, 4) is 11.5 Å². The Morgan fingerprint density at radius 2 is 2.12 bits per heavy atom. The van der Waals surface area contributed by atoms with E-state index in [1.54, 1.807) is 6.92 Å². The van der Waals surface area contributed by atoms with Gasteiger partial charge in [-0.25, -0.2) is 4.79 Å². The van der Waals surface area contributed by atoms with Gasteiger partial charge in [-0.2, -0.15) is 0 Å². The van der Waals surface area contributed by atoms with Gasteiger partial charge in [-0.15, -0.1) is 0 Å². The third-order valence-corrected chi connectivity index (χ3v) is 5.87. The monoisotopic (exact) mass is 384 g/mol. The molecule has 0 amide bonds. The van der Waals surface area contributed by atoms with Crippen LogP contribution in [0.4, 0.5) is 0 Å². The molecule has 2 N–H and O–H groups in total. The van der Waals surface area contributed by atoms with Crippen molar-refractivity contribution in [2.24, 2.45) is 0 Å². The number of rotatable bonds is 8. The van der Waals surface area contributed by atoms with Crippen LogP contribution in [0.5, 0.6) is 11.5 Å². The maximum absolute atomic E-state index is 11.9. The predicted molar refractivity (Wildman–Crippen MR) is 96.9 cm³/mol. The summed E-state index contributed by atoms with van der Waals surface area (Å²) in [6.45, 7) is 5.64. The van der Waals surface area contributed by atoms with E-state index in [1.165, 1.54) is 7.11 Å². The standard InChI is InChI=1S/C18H25O7P/c1-5-25-26(21,22)9-8-11(2)6-7-13-16(19)15-14(10-24-18(15)20)12(3)17(13)23-4/h6,19H,5,7-10H2,1-4H3,(H,21,22)/b11-6+. The van der Waals surface area contributed by atoms with Crippen molar-refractivity contribution >= 4 is 13.6 Å². The fourth-order valence-electron chi connectivity index (χ4n) is 2.99. The molecular weight excluding hydrogens is 359 g/mol. The van der Waals surface area contributed by atoms with E-state index in [2.05, 4.69) is 0 Å². The number of allylic oxidation sites excluding steroid dienone is 2. The number of ether oxygens (including phenoxy) is 2. The van der Waals surface area contributed by atoms with E-state index in [4.69, 9.17) is 14.0 Å². The van der Waals surface area contributed by atoms with Gasteiger partial charge in [0.1, 0.15) is 23.7 Å². The second kappa shape index (κ2) is 8.25. The molecule has 2 rings (SSSR count). The summed E-state index contributed by atoms with van der Waals surface area (Å²) in [4.78, 5) is 21.5. The van der Waals surface area contributed by atoms with Crippen molar-refractivity contribution in [1.29, 1.82) is 0 Å². The van der Waals surface area contributed by atoms with Crippen LogP contribution in [0, 0.1) is 6.92 Å². The number of benzene rings is 1. The highest BCUT2D eigenvalue weighted by Crippen LogP contribution is 2.44. The number of hydrogen-bond acceptors (Lipinski definition) is 6. The van der Waals surface area contributed by atoms with E-state index < -0.39 is 13.6 Å². The van der Waals surface area contributed by atoms with Crippen LogP contribution in [0.25, 0.3) is 0 Å². The molecule has 0 saturated heterocycles. The minimum absolute atomic E-state index is 0.0296. The highest BCUT2D eigenvalue weighted by atomic mass is 31.2. The first-order valence-electron chi connectivity index (χ1n) is 8.42. The lowest BCUT2D eigenvalue weighted by atomic mass is 9.95. The van der Waals surface area contributed by atoms with Gasteiger partial charge in [-0.05, 0) is 39.2 Å². The zero-order chi connectivity index (χ0) is 19.5. The second-order valence-corrected chi connectivity index (χ2v) is 8.18. The van der Waals surface area contributed by atoms with Crippen molar-refractivity contribution in [3.05, 3.63) is 33.9 Å². The summed E-state index contributed by atoms with van der Waals surface area (Å²) in [5.41, 5.74) is 2.98. The smallest absolute Gasteiger partial charge is 0.342 e. The third kappa shape index (κ3) is 4.29. The molecule has 1 unspecified atom stereocenters. The Hall–Kier alpha value is -1.82. The molecule has 0 aliphatic carbocycles. The first-order chi connectivity index (χ1) is 12.2. The second-order valence-electron chi connectivity index (χ2n) is 6.20. The Morgan fingerprint density at radius 1 is 1.42 bits per heavy atom. The Bertz CT molecular complexity index is 782. The summed E-state index contributed by atoms with van der Waals surface area (Å²) in [7, 11) is -2.06. The molecule has 1 aromatic carbocycles. The molecule has 8 heteroatoms. The molecule has 144 valence electrons. The summed E-state index contributed by atoms with van der Waals surface area (Å²) in [5.74, 6) is -0.148. The minimum atomic E-state index is -3.57. The molecule has 26 heavy (non-hydrogen) atoms. The molecule has 1 aliphatic heterocycles. The van der Waals surface area contributed by atoms with Crippen LogP contribution in [0.1, 0.15) is 47.3 Å². The van der Waals surface area contributed by atoms with Crippen LogP contribution in [-0.4, -0.2) is 35.8 Å². The number of hydrogen-bond donors (Lipinski definition) is 2. The number of methoxy groups -OCH3 is 1. The van der Waals surface area contributed by atoms with E-state index in [0.29, 0.717) is 29.7 Å². The van der Waals surface area contributed by atoms with Gasteiger partial charge in [0.25, 0.3) is 0 Å². The van der Waals surface area contributed by atoms with E-state index in [9.17, 15) is 19.4 Å². The van der Waals surface area contributed by atoms with Gasteiger partial charge in [-0.1, -0.05) is 11.6 Å². The van der Waals surface area contributed by atoms with E-state index in [0.717, 1.165) is 11.1 Å². The molecule has 1 heterocycles. The van der Waals surface area contributed by atoms with Crippen LogP contribution < -0.4 is 4.74 Å². The molecule has 0 fully saturated rings. The highest BCUT2D eigenvalue weighted by molar-refractivity contribution is 7.52. The Kier molecular flexibility index (Phi) is 6.50. The zero-order valence-corrected chi connectivity index (χ0v) is 16.4. The quantitative estimate of drug-likeness (QED) is 0.402. The fraction of sp³-hybridized carbons (Fsp3) is 0.500. The molecule has 0 bridgehead atoms. The summed E-state index contributed by atoms with van der Waals surface area (Å²) >= 11 is 0. The van der Waals surface area contributed by atoms with Gasteiger partial charge in [0, 0.05) is 11.1 Å². The van der Waals surface area contributed by atoms with Crippen molar-refractivity contribution in [1.82, 2.24) is 0 Å². The van der Waals surface area contributed by atoms with Gasteiger partial charge < -0.3 is 24.0 Å². The number of cyclic esters (lactones) is 1. The van der Waals surface area contributed by atoms with Crippen LogP contribution in [0.2, 0.25) is 0 Å². The van der Waals surface area contributed by atoms with Crippen LogP contribution in [0.15, 0.2) is 11.6 Å². The average molecular weight is 384 g/mol. The number of fused-ring (bicyclic) bond motifs is 1. The topological polar surface area (TPSA) is 102 Å². The van der Waals surface area contributed by atoms with Crippen LogP contribution >= 0.6 is 7.60 Å². The fourth-order valence-corrected chi connectivity index (χ4v) is 4.16. The molecule has 7 nitrogen and oxygen atoms in total. The van der Waals surface area contributed by atoms with E-state index >= 15 is 0 Å². The number of aromatic hydroxyl groups is 1. The molecular formula is C18H25O7P. The molecule has 1 atom stereocenters. The molecule has 0 radical (unpaired) electrons. The lowest BCUT2D eigenvalue weighted by Gasteiger charge is -2.16. The van der Waals surface area contributed by atoms with Crippen molar-refractivity contribution in [2.75, 3.05) is 19.9 Å². The number of carbonyl (C=O) groups is 1. The molecule has 0 aromatic heterocycles. The van der Waals surface area contributed by atoms with E-state index in [1.807, 2.05) is 19.9 Å². The molecule has 0 saturated carbocycles. The lowest BCUT2D eigenvalue weighted by molar-refractivity contribution is 0.0533. The van der Waals surface area contributed by atoms with Crippen molar-refractivity contribution in [3.63, 3.8) is 0 Å². The SMILES string of the molecule is CCOP(=O)(O)CC/C(C)=C/Cc1c(O)c2c(c(C)c1OC)COC2=O. The number of carbonyl (C=O) groups excluding carboxylic acids is 1. The first kappa shape index (κ1) is 20.5. The highest BCUT2D eigenvalue weighted by Gasteiger charge is 2.31. The maximum atomic E-state index is 11.9. The van der Waals surface area contributed by atoms with Crippen LogP contribution in [-0.2, 0) is 26.9 Å². The number of phenols is 1. The van der Waals surface area contributed by atoms with Crippen molar-refractivity contribution < 1.29 is 33.4 Å². The van der Waals surface area contributed by atoms with Gasteiger partial charge in [0.15, 0.2) is 0 Å². The Labute approximate surface area is 153 Å². The van der Waals surface area contributed by atoms with Crippen molar-refractivity contribution in [2.45, 2.75) is 40.2 Å². The summed E-state index contributed by atoms with van der Waals surface area (Å²) in [6.07, 6.45) is 2.59. The summed E-state index contributed by atoms with van der Waals surface area (Å²) in [5, 5.41) is 10.5. The maximum Gasteiger partial charge on any atom is 0.342 e. The molecule has 0 spiro atoms. The normalized spacial score (nSPS) is 16.2. The minimum Gasteiger partial charge on any atom is -0.507 e. The lowest BCUT2D eigenvalue weighted by Crippen LogP contribution is -2.03. The Morgan fingerprint density at radius 3 is 2.73 bits per heavy atom. The first-order valence-corrected chi connectivity index (χ1v) is 10.2. The van der Waals surface area contributed by atoms with Gasteiger partial charge in [-0.3, -0.25) is 4.57 Å². The van der Waals surface area contributed by atoms with Gasteiger partial charge in [0.2, 0.25) is 0 Å². The zero-order valence-electron chi connectivity index (χ0n) is 15.5.